The van der Waals surface area contributed by atoms with Gasteiger partial charge in [0.2, 0.25) is 0 Å². The largest absolute Gasteiger partial charge is 0.414 e. The smallest absolute Gasteiger partial charge is 0.261 e. The molecule has 0 radical (unpaired) electrons. The van der Waals surface area contributed by atoms with E-state index >= 15 is 0 Å². The molecule has 0 aromatic heterocycles. The molecule has 4 atom stereocenters. The SMILES string of the molecule is COCO[C@@H]([C@@H](O)[C@H](O)CO[Si](C)(C)C(C)(C)C)[C@@H](CO[Si](c1ccccc1)(c1ccccc1)C(C)(C)C)O[Si](C)(C)C(C)(C)C. The van der Waals surface area contributed by atoms with Crippen LogP contribution in [0.5, 0.6) is 0 Å². The number of aliphatic hydroxyl groups excluding tert-OH is 2. The van der Waals surface area contributed by atoms with Crippen molar-refractivity contribution in [3.63, 3.8) is 0 Å². The van der Waals surface area contributed by atoms with Crippen LogP contribution in [0.4, 0.5) is 0 Å². The van der Waals surface area contributed by atoms with Gasteiger partial charge in [-0.1, -0.05) is 123 Å². The van der Waals surface area contributed by atoms with E-state index in [0.29, 0.717) is 0 Å². The molecule has 46 heavy (non-hydrogen) atoms. The van der Waals surface area contributed by atoms with Gasteiger partial charge in [-0.25, -0.2) is 0 Å². The Balaban J connectivity index is 2.64. The second-order valence-electron chi connectivity index (χ2n) is 16.6. The number of aliphatic hydroxyl groups is 2. The molecule has 7 nitrogen and oxygen atoms in total. The van der Waals surface area contributed by atoms with E-state index in [9.17, 15) is 10.2 Å². The summed E-state index contributed by atoms with van der Waals surface area (Å²) < 4.78 is 32.3. The van der Waals surface area contributed by atoms with Gasteiger partial charge in [0.05, 0.1) is 19.3 Å². The molecule has 0 heterocycles. The van der Waals surface area contributed by atoms with Crippen molar-refractivity contribution in [2.75, 3.05) is 27.1 Å². The van der Waals surface area contributed by atoms with Crippen molar-refractivity contribution in [3.05, 3.63) is 60.7 Å². The van der Waals surface area contributed by atoms with Crippen molar-refractivity contribution < 1.29 is 33.0 Å². The lowest BCUT2D eigenvalue weighted by molar-refractivity contribution is -0.177. The summed E-state index contributed by atoms with van der Waals surface area (Å²) in [4.78, 5) is 0. The molecule has 0 fully saturated rings. The average Bonchev–Trinajstić information content (AvgIpc) is 2.95. The Morgan fingerprint density at radius 3 is 1.48 bits per heavy atom. The highest BCUT2D eigenvalue weighted by Gasteiger charge is 2.52. The van der Waals surface area contributed by atoms with Crippen LogP contribution in [0, 0.1) is 0 Å². The number of benzene rings is 2. The third kappa shape index (κ3) is 9.93. The first-order valence-corrected chi connectivity index (χ1v) is 24.3. The van der Waals surface area contributed by atoms with Crippen molar-refractivity contribution in [2.24, 2.45) is 0 Å². The van der Waals surface area contributed by atoms with E-state index in [0.717, 1.165) is 10.4 Å². The first-order chi connectivity index (χ1) is 21.0. The predicted octanol–water partition coefficient (Wildman–Crippen LogP) is 6.69. The number of methoxy groups -OCH3 is 1. The van der Waals surface area contributed by atoms with Crippen LogP contribution in [0.2, 0.25) is 41.3 Å². The Hall–Kier alpha value is -1.19. The Morgan fingerprint density at radius 1 is 0.630 bits per heavy atom. The average molecular weight is 693 g/mol. The van der Waals surface area contributed by atoms with Crippen molar-refractivity contribution in [1.29, 1.82) is 0 Å². The number of hydrogen-bond acceptors (Lipinski definition) is 7. The summed E-state index contributed by atoms with van der Waals surface area (Å²) in [5.74, 6) is 0. The first kappa shape index (κ1) is 41.0. The molecule has 0 saturated heterocycles. The third-order valence-electron chi connectivity index (χ3n) is 10.0. The van der Waals surface area contributed by atoms with Crippen LogP contribution >= 0.6 is 0 Å². The van der Waals surface area contributed by atoms with E-state index in [2.05, 4.69) is 137 Å². The molecule has 2 aromatic carbocycles. The Bertz CT molecular complexity index is 1130. The van der Waals surface area contributed by atoms with E-state index < -0.39 is 49.4 Å². The van der Waals surface area contributed by atoms with Crippen LogP contribution in [0.3, 0.4) is 0 Å². The van der Waals surface area contributed by atoms with Crippen LogP contribution in [0.25, 0.3) is 0 Å². The van der Waals surface area contributed by atoms with E-state index in [-0.39, 0.29) is 35.1 Å². The fraction of sp³-hybridized carbons (Fsp3) is 0.667. The normalized spacial score (nSPS) is 16.6. The lowest BCUT2D eigenvalue weighted by Crippen LogP contribution is -2.68. The van der Waals surface area contributed by atoms with Crippen molar-refractivity contribution >= 4 is 35.3 Å². The number of hydrogen-bond donors (Lipinski definition) is 2. The topological polar surface area (TPSA) is 86.6 Å². The maximum Gasteiger partial charge on any atom is 0.261 e. The summed E-state index contributed by atoms with van der Waals surface area (Å²) in [5.41, 5.74) is 0. The standard InChI is InChI=1S/C36H64O7Si3/c1-34(2,3)44(11,12)41-25-30(37)32(38)33(40-27-39-10)31(43-45(13,14)35(4,5)6)26-42-46(36(7,8)9,28-21-17-15-18-22-28)29-23-19-16-20-24-29/h15-24,30-33,37-38H,25-27H2,1-14H3/t30-,31-,32+,33-/m1/s1. The highest BCUT2D eigenvalue weighted by molar-refractivity contribution is 6.99. The van der Waals surface area contributed by atoms with Crippen molar-refractivity contribution in [3.8, 4) is 0 Å². The number of rotatable bonds is 16. The molecule has 262 valence electrons. The molecular weight excluding hydrogens is 629 g/mol. The molecule has 2 aromatic rings. The zero-order chi connectivity index (χ0) is 35.2. The van der Waals surface area contributed by atoms with E-state index in [1.807, 2.05) is 12.1 Å². The van der Waals surface area contributed by atoms with Gasteiger partial charge in [0.25, 0.3) is 8.32 Å². The Morgan fingerprint density at radius 2 is 1.09 bits per heavy atom. The number of ether oxygens (including phenoxy) is 2. The van der Waals surface area contributed by atoms with Gasteiger partial charge in [-0.2, -0.15) is 0 Å². The highest BCUT2D eigenvalue weighted by atomic mass is 28.4. The van der Waals surface area contributed by atoms with Crippen LogP contribution in [-0.2, 0) is 22.8 Å². The van der Waals surface area contributed by atoms with E-state index in [1.54, 1.807) is 7.11 Å². The molecule has 2 rings (SSSR count). The molecule has 0 amide bonds. The molecule has 0 aliphatic rings. The van der Waals surface area contributed by atoms with E-state index in [4.69, 9.17) is 22.8 Å². The molecule has 10 heteroatoms. The summed E-state index contributed by atoms with van der Waals surface area (Å²) in [6, 6.07) is 20.9. The Labute approximate surface area is 283 Å². The molecule has 0 unspecified atom stereocenters. The summed E-state index contributed by atoms with van der Waals surface area (Å²) >= 11 is 0. The minimum atomic E-state index is -2.95. The molecular formula is C36H64O7Si3. The Kier molecular flexibility index (Phi) is 14.3. The molecule has 2 N–H and O–H groups in total. The lowest BCUT2D eigenvalue weighted by atomic mass is 10.0. The predicted molar refractivity (Wildman–Crippen MR) is 198 cm³/mol. The lowest BCUT2D eigenvalue weighted by Gasteiger charge is -2.46. The fourth-order valence-corrected chi connectivity index (χ4v) is 12.0. The monoisotopic (exact) mass is 692 g/mol. The highest BCUT2D eigenvalue weighted by Crippen LogP contribution is 2.41. The van der Waals surface area contributed by atoms with E-state index in [1.165, 1.54) is 0 Å². The summed E-state index contributed by atoms with van der Waals surface area (Å²) in [6.45, 7) is 28.4. The zero-order valence-electron chi connectivity index (χ0n) is 31.1. The van der Waals surface area contributed by atoms with Gasteiger partial charge in [0.1, 0.15) is 25.1 Å². The fourth-order valence-electron chi connectivity index (χ4n) is 5.12. The van der Waals surface area contributed by atoms with Gasteiger partial charge in [-0.3, -0.25) is 0 Å². The van der Waals surface area contributed by atoms with Crippen LogP contribution in [0.15, 0.2) is 60.7 Å². The molecule has 0 aliphatic carbocycles. The quantitative estimate of drug-likeness (QED) is 0.150. The van der Waals surface area contributed by atoms with Crippen LogP contribution in [0.1, 0.15) is 62.3 Å². The first-order valence-electron chi connectivity index (χ1n) is 16.6. The molecule has 0 aliphatic heterocycles. The zero-order valence-corrected chi connectivity index (χ0v) is 34.1. The summed E-state index contributed by atoms with van der Waals surface area (Å²) in [5, 5.41) is 25.1. The van der Waals surface area contributed by atoms with Gasteiger partial charge in [0.15, 0.2) is 16.6 Å². The van der Waals surface area contributed by atoms with Gasteiger partial charge >= 0.3 is 0 Å². The van der Waals surface area contributed by atoms with Gasteiger partial charge < -0.3 is 33.0 Å². The van der Waals surface area contributed by atoms with Gasteiger partial charge in [-0.15, -0.1) is 0 Å². The third-order valence-corrected chi connectivity index (χ3v) is 24.0. The second kappa shape index (κ2) is 16.0. The maximum absolute atomic E-state index is 11.8. The second-order valence-corrected chi connectivity index (χ2v) is 30.4. The van der Waals surface area contributed by atoms with Gasteiger partial charge in [0, 0.05) is 7.11 Å². The molecule has 0 spiro atoms. The summed E-state index contributed by atoms with van der Waals surface area (Å²) in [6.07, 6.45) is -4.15. The van der Waals surface area contributed by atoms with Crippen molar-refractivity contribution in [1.82, 2.24) is 0 Å². The van der Waals surface area contributed by atoms with Crippen molar-refractivity contribution in [2.45, 2.75) is 128 Å². The van der Waals surface area contributed by atoms with Crippen LogP contribution in [-0.4, -0.2) is 86.7 Å². The van der Waals surface area contributed by atoms with Gasteiger partial charge in [-0.05, 0) is 51.7 Å². The minimum Gasteiger partial charge on any atom is -0.414 e. The summed E-state index contributed by atoms with van der Waals surface area (Å²) in [7, 11) is -6.01. The molecule has 0 saturated carbocycles. The maximum atomic E-state index is 11.8. The minimum absolute atomic E-state index is 0.00706. The molecule has 0 bridgehead atoms. The van der Waals surface area contributed by atoms with Crippen LogP contribution < -0.4 is 10.4 Å².